The van der Waals surface area contributed by atoms with Crippen molar-refractivity contribution in [2.24, 2.45) is 0 Å². The molecule has 4 rings (SSSR count). The minimum absolute atomic E-state index is 0.0208. The summed E-state index contributed by atoms with van der Waals surface area (Å²) in [7, 11) is -4.32. The van der Waals surface area contributed by atoms with E-state index >= 15 is 0 Å². The van der Waals surface area contributed by atoms with E-state index in [-0.39, 0.29) is 27.9 Å². The first-order valence-electron chi connectivity index (χ1n) is 10.0. The third-order valence-electron chi connectivity index (χ3n) is 5.15. The predicted octanol–water partition coefficient (Wildman–Crippen LogP) is 2.00. The molecule has 0 aromatic heterocycles. The molecular weight excluding hydrogens is 512 g/mol. The van der Waals surface area contributed by atoms with Crippen LogP contribution < -0.4 is 10.2 Å². The Balaban J connectivity index is 1.62. The minimum Gasteiger partial charge on any atom is -0.324 e. The number of benzene rings is 2. The number of nitrogens with zero attached hydrogens (tertiary/aromatic N) is 3. The molecule has 0 bridgehead atoms. The van der Waals surface area contributed by atoms with Crippen molar-refractivity contribution in [1.82, 2.24) is 4.90 Å². The lowest BCUT2D eigenvalue weighted by atomic mass is 10.1. The average molecular weight is 529 g/mol. The van der Waals surface area contributed by atoms with Crippen LogP contribution in [0.1, 0.15) is 11.1 Å². The number of amides is 3. The number of anilines is 2. The van der Waals surface area contributed by atoms with Crippen molar-refractivity contribution in [3.63, 3.8) is 0 Å². The van der Waals surface area contributed by atoms with Gasteiger partial charge in [0.2, 0.25) is 5.91 Å². The fraction of sp³-hybridized carbons (Fsp3) is 0.136. The van der Waals surface area contributed by atoms with Gasteiger partial charge in [-0.25, -0.2) is 0 Å². The summed E-state index contributed by atoms with van der Waals surface area (Å²) in [6.07, 6.45) is 0. The van der Waals surface area contributed by atoms with Crippen LogP contribution in [0, 0.1) is 11.3 Å². The van der Waals surface area contributed by atoms with Crippen molar-refractivity contribution in [3.8, 4) is 6.07 Å². The summed E-state index contributed by atoms with van der Waals surface area (Å²) in [6, 6.07) is 15.0. The molecule has 3 amide bonds. The smallest absolute Gasteiger partial charge is 0.267 e. The second-order valence-electron chi connectivity index (χ2n) is 7.46. The van der Waals surface area contributed by atoms with Gasteiger partial charge in [-0.2, -0.15) is 13.7 Å². The molecule has 2 aliphatic heterocycles. The highest BCUT2D eigenvalue weighted by Crippen LogP contribution is 2.44. The van der Waals surface area contributed by atoms with E-state index < -0.39 is 33.6 Å². The van der Waals surface area contributed by atoms with Crippen molar-refractivity contribution in [2.45, 2.75) is 0 Å². The molecular formula is C22H16N4O6S3. The number of fused-ring (bicyclic) bond motifs is 1. The summed E-state index contributed by atoms with van der Waals surface area (Å²) in [5, 5.41) is 11.7. The zero-order valence-electron chi connectivity index (χ0n) is 17.8. The van der Waals surface area contributed by atoms with E-state index in [0.29, 0.717) is 22.5 Å². The summed E-state index contributed by atoms with van der Waals surface area (Å²) in [6.45, 7) is -0.705. The molecule has 10 nitrogen and oxygen atoms in total. The molecule has 1 fully saturated rings. The van der Waals surface area contributed by atoms with Crippen LogP contribution in [-0.2, 0) is 24.5 Å². The van der Waals surface area contributed by atoms with Crippen LogP contribution in [0.15, 0.2) is 53.4 Å². The summed E-state index contributed by atoms with van der Waals surface area (Å²) < 4.78 is 31.3. The second-order valence-corrected chi connectivity index (χ2v) is 10.7. The number of carbonyl (C=O) groups excluding carboxylic acids is 3. The molecule has 0 radical (unpaired) electrons. The van der Waals surface area contributed by atoms with Gasteiger partial charge in [0.05, 0.1) is 33.6 Å². The van der Waals surface area contributed by atoms with E-state index in [2.05, 4.69) is 5.32 Å². The van der Waals surface area contributed by atoms with Crippen LogP contribution in [0.2, 0.25) is 0 Å². The van der Waals surface area contributed by atoms with E-state index in [9.17, 15) is 22.8 Å². The van der Waals surface area contributed by atoms with Crippen LogP contribution in [-0.4, -0.2) is 58.8 Å². The van der Waals surface area contributed by atoms with Gasteiger partial charge in [-0.15, -0.1) is 0 Å². The molecule has 0 atom stereocenters. The van der Waals surface area contributed by atoms with Crippen LogP contribution in [0.3, 0.4) is 0 Å². The minimum atomic E-state index is -4.32. The first-order chi connectivity index (χ1) is 16.6. The largest absolute Gasteiger partial charge is 0.324 e. The highest BCUT2D eigenvalue weighted by molar-refractivity contribution is 8.26. The third-order valence-corrected chi connectivity index (χ3v) is 7.30. The van der Waals surface area contributed by atoms with Crippen LogP contribution >= 0.6 is 24.0 Å². The number of thioether (sulfide) groups is 1. The fourth-order valence-electron chi connectivity index (χ4n) is 3.62. The average Bonchev–Trinajstić information content (AvgIpc) is 3.24. The first kappa shape index (κ1) is 24.6. The van der Waals surface area contributed by atoms with Gasteiger partial charge in [0.1, 0.15) is 10.9 Å². The number of hydrogen-bond donors (Lipinski definition) is 2. The molecule has 0 saturated carbocycles. The fourth-order valence-corrected chi connectivity index (χ4v) is 5.41. The lowest BCUT2D eigenvalue weighted by Gasteiger charge is -2.17. The van der Waals surface area contributed by atoms with E-state index in [1.165, 1.54) is 11.0 Å². The number of nitrogens with one attached hydrogen (secondary N) is 1. The quantitative estimate of drug-likeness (QED) is 0.326. The monoisotopic (exact) mass is 528 g/mol. The maximum absolute atomic E-state index is 13.4. The molecule has 178 valence electrons. The summed E-state index contributed by atoms with van der Waals surface area (Å²) in [5.74, 6) is -2.44. The highest BCUT2D eigenvalue weighted by atomic mass is 32.2. The first-order valence-corrected chi connectivity index (χ1v) is 12.9. The Morgan fingerprint density at radius 2 is 1.86 bits per heavy atom. The maximum Gasteiger partial charge on any atom is 0.267 e. The molecule has 2 aliphatic rings. The van der Waals surface area contributed by atoms with Gasteiger partial charge in [0, 0.05) is 17.8 Å². The molecule has 13 heteroatoms. The van der Waals surface area contributed by atoms with Crippen LogP contribution in [0.5, 0.6) is 0 Å². The summed E-state index contributed by atoms with van der Waals surface area (Å²) in [4.78, 5) is 41.4. The van der Waals surface area contributed by atoms with Crippen molar-refractivity contribution in [1.29, 1.82) is 5.26 Å². The number of thiocarbonyl (C=S) groups is 1. The Morgan fingerprint density at radius 3 is 2.57 bits per heavy atom. The normalized spacial score (nSPS) is 17.5. The number of rotatable bonds is 6. The van der Waals surface area contributed by atoms with Crippen molar-refractivity contribution < 1.29 is 27.4 Å². The standard InChI is InChI=1S/C22H16N4O6S3/c23-11-13-4-3-5-14(10-13)24-17(27)12-26-16-7-2-1-6-15(16)18(20(26)28)19-21(29)25(22(33)34-19)8-9-35(30,31)32/h1-7,10H,8-9,12H2,(H,24,27)(H,30,31,32)/b19-18-. The molecule has 2 aromatic rings. The Kier molecular flexibility index (Phi) is 6.73. The summed E-state index contributed by atoms with van der Waals surface area (Å²) in [5.41, 5.74) is 1.69. The lowest BCUT2D eigenvalue weighted by Crippen LogP contribution is -2.36. The third kappa shape index (κ3) is 5.10. The van der Waals surface area contributed by atoms with Gasteiger partial charge >= 0.3 is 0 Å². The summed E-state index contributed by atoms with van der Waals surface area (Å²) >= 11 is 6.05. The molecule has 35 heavy (non-hydrogen) atoms. The van der Waals surface area contributed by atoms with Gasteiger partial charge in [-0.3, -0.25) is 28.7 Å². The maximum atomic E-state index is 13.4. The van der Waals surface area contributed by atoms with Gasteiger partial charge in [-0.1, -0.05) is 48.2 Å². The molecule has 0 aliphatic carbocycles. The molecule has 1 saturated heterocycles. The van der Waals surface area contributed by atoms with E-state index in [1.807, 2.05) is 6.07 Å². The van der Waals surface area contributed by atoms with E-state index in [0.717, 1.165) is 16.7 Å². The molecule has 2 heterocycles. The highest BCUT2D eigenvalue weighted by Gasteiger charge is 2.42. The Bertz CT molecular complexity index is 1460. The lowest BCUT2D eigenvalue weighted by molar-refractivity contribution is -0.122. The topological polar surface area (TPSA) is 148 Å². The molecule has 2 N–H and O–H groups in total. The Labute approximate surface area is 209 Å². The van der Waals surface area contributed by atoms with Gasteiger partial charge < -0.3 is 5.32 Å². The van der Waals surface area contributed by atoms with Crippen molar-refractivity contribution in [3.05, 3.63) is 64.6 Å². The van der Waals surface area contributed by atoms with Crippen molar-refractivity contribution in [2.75, 3.05) is 29.1 Å². The van der Waals surface area contributed by atoms with E-state index in [4.69, 9.17) is 22.0 Å². The zero-order chi connectivity index (χ0) is 25.3. The Hall–Kier alpha value is -3.57. The number of para-hydroxylation sites is 1. The number of hydrogen-bond acceptors (Lipinski definition) is 8. The van der Waals surface area contributed by atoms with Crippen molar-refractivity contribution >= 4 is 73.1 Å². The number of nitriles is 1. The number of carbonyl (C=O) groups is 3. The molecule has 0 spiro atoms. The second kappa shape index (κ2) is 9.59. The molecule has 2 aromatic carbocycles. The van der Waals surface area contributed by atoms with Crippen LogP contribution in [0.25, 0.3) is 5.57 Å². The zero-order valence-corrected chi connectivity index (χ0v) is 20.2. The SMILES string of the molecule is N#Cc1cccc(NC(=O)CN2C(=O)/C(=C3\SC(=S)N(CCS(=O)(=O)O)C3=O)c3ccccc32)c1. The Morgan fingerprint density at radius 1 is 1.11 bits per heavy atom. The van der Waals surface area contributed by atoms with Gasteiger partial charge in [0.15, 0.2) is 0 Å². The van der Waals surface area contributed by atoms with Gasteiger partial charge in [-0.05, 0) is 24.3 Å². The predicted molar refractivity (Wildman–Crippen MR) is 134 cm³/mol. The molecule has 0 unspecified atom stereocenters. The van der Waals surface area contributed by atoms with Crippen LogP contribution in [0.4, 0.5) is 11.4 Å². The van der Waals surface area contributed by atoms with E-state index in [1.54, 1.807) is 42.5 Å². The van der Waals surface area contributed by atoms with Gasteiger partial charge in [0.25, 0.3) is 21.9 Å².